The van der Waals surface area contributed by atoms with Gasteiger partial charge >= 0.3 is 5.97 Å². The van der Waals surface area contributed by atoms with E-state index in [-0.39, 0.29) is 12.0 Å². The summed E-state index contributed by atoms with van der Waals surface area (Å²) in [5.41, 5.74) is 2.72. The summed E-state index contributed by atoms with van der Waals surface area (Å²) in [6.07, 6.45) is 0.941. The highest BCUT2D eigenvalue weighted by molar-refractivity contribution is 5.89. The van der Waals surface area contributed by atoms with Gasteiger partial charge in [0.05, 0.1) is 6.61 Å². The molecule has 0 atom stereocenters. The van der Waals surface area contributed by atoms with Gasteiger partial charge in [0.15, 0.2) is 5.69 Å². The summed E-state index contributed by atoms with van der Waals surface area (Å²) in [6.45, 7) is 8.15. The molecule has 0 saturated carbocycles. The Balaban J connectivity index is 2.43. The van der Waals surface area contributed by atoms with Crippen LogP contribution in [0.15, 0.2) is 0 Å². The maximum atomic E-state index is 11.9. The minimum atomic E-state index is -0.302. The van der Waals surface area contributed by atoms with Crippen LogP contribution in [0.5, 0.6) is 0 Å². The molecule has 0 aliphatic carbocycles. The molecule has 0 fully saturated rings. The molecule has 0 aromatic carbocycles. The number of aromatic nitrogens is 2. The minimum absolute atomic E-state index is 0.269. The first-order valence-electron chi connectivity index (χ1n) is 6.50. The molecular formula is C13H21N3O2. The number of likely N-dealkylation sites (N-methyl/N-ethyl adjacent to an activating group) is 1. The van der Waals surface area contributed by atoms with E-state index in [0.717, 1.165) is 25.1 Å². The summed E-state index contributed by atoms with van der Waals surface area (Å²) in [7, 11) is 2.06. The van der Waals surface area contributed by atoms with Crippen molar-refractivity contribution >= 4 is 5.97 Å². The third-order valence-corrected chi connectivity index (χ3v) is 3.23. The lowest BCUT2D eigenvalue weighted by Gasteiger charge is -2.24. The second-order valence-electron chi connectivity index (χ2n) is 5.02. The van der Waals surface area contributed by atoms with Crippen LogP contribution in [0.2, 0.25) is 0 Å². The molecule has 5 nitrogen and oxygen atoms in total. The topological polar surface area (TPSA) is 47.4 Å². The van der Waals surface area contributed by atoms with Gasteiger partial charge in [-0.15, -0.1) is 0 Å². The van der Waals surface area contributed by atoms with E-state index >= 15 is 0 Å². The fourth-order valence-electron chi connectivity index (χ4n) is 2.37. The highest BCUT2D eigenvalue weighted by atomic mass is 16.5. The van der Waals surface area contributed by atoms with Crippen LogP contribution in [0.1, 0.15) is 48.6 Å². The third-order valence-electron chi connectivity index (χ3n) is 3.23. The molecule has 0 radical (unpaired) electrons. The van der Waals surface area contributed by atoms with Crippen LogP contribution in [0.25, 0.3) is 0 Å². The number of esters is 1. The Morgan fingerprint density at radius 2 is 2.22 bits per heavy atom. The van der Waals surface area contributed by atoms with Gasteiger partial charge in [-0.1, -0.05) is 0 Å². The first kappa shape index (κ1) is 13.1. The van der Waals surface area contributed by atoms with E-state index < -0.39 is 0 Å². The average Bonchev–Trinajstić information content (AvgIpc) is 2.68. The lowest BCUT2D eigenvalue weighted by atomic mass is 10.1. The highest BCUT2D eigenvalue weighted by Crippen LogP contribution is 2.24. The molecular weight excluding hydrogens is 230 g/mol. The van der Waals surface area contributed by atoms with E-state index in [0.29, 0.717) is 12.3 Å². The van der Waals surface area contributed by atoms with Gasteiger partial charge in [-0.2, -0.15) is 5.10 Å². The Morgan fingerprint density at radius 3 is 2.83 bits per heavy atom. The molecule has 100 valence electrons. The molecule has 0 saturated heterocycles. The normalized spacial score (nSPS) is 15.8. The lowest BCUT2D eigenvalue weighted by molar-refractivity contribution is 0.0516. The number of rotatable bonds is 3. The van der Waals surface area contributed by atoms with Crippen molar-refractivity contribution in [2.75, 3.05) is 20.2 Å². The largest absolute Gasteiger partial charge is 0.461 e. The SMILES string of the molecule is CCOC(=O)c1nn(C(C)C)c2c1CN(C)CC2. The fourth-order valence-corrected chi connectivity index (χ4v) is 2.37. The number of carbonyl (C=O) groups is 1. The molecule has 5 heteroatoms. The molecule has 2 heterocycles. The van der Waals surface area contributed by atoms with Crippen molar-refractivity contribution in [3.63, 3.8) is 0 Å². The first-order chi connectivity index (χ1) is 8.54. The summed E-state index contributed by atoms with van der Waals surface area (Å²) in [5, 5.41) is 4.46. The van der Waals surface area contributed by atoms with E-state index in [2.05, 4.69) is 30.9 Å². The van der Waals surface area contributed by atoms with Gasteiger partial charge in [-0.3, -0.25) is 4.68 Å². The predicted molar refractivity (Wildman–Crippen MR) is 68.6 cm³/mol. The Bertz CT molecular complexity index is 451. The van der Waals surface area contributed by atoms with E-state index in [9.17, 15) is 4.79 Å². The zero-order valence-electron chi connectivity index (χ0n) is 11.6. The summed E-state index contributed by atoms with van der Waals surface area (Å²) in [5.74, 6) is -0.302. The predicted octanol–water partition coefficient (Wildman–Crippen LogP) is 1.63. The van der Waals surface area contributed by atoms with Crippen molar-refractivity contribution in [1.82, 2.24) is 14.7 Å². The number of nitrogens with zero attached hydrogens (tertiary/aromatic N) is 3. The molecule has 2 rings (SSSR count). The van der Waals surface area contributed by atoms with Crippen molar-refractivity contribution in [2.45, 2.75) is 39.8 Å². The molecule has 0 unspecified atom stereocenters. The van der Waals surface area contributed by atoms with Crippen LogP contribution < -0.4 is 0 Å². The van der Waals surface area contributed by atoms with Crippen molar-refractivity contribution in [3.05, 3.63) is 17.0 Å². The second kappa shape index (κ2) is 5.10. The molecule has 0 spiro atoms. The number of hydrogen-bond acceptors (Lipinski definition) is 4. The Kier molecular flexibility index (Phi) is 3.71. The van der Waals surface area contributed by atoms with Crippen molar-refractivity contribution in [3.8, 4) is 0 Å². The van der Waals surface area contributed by atoms with Crippen LogP contribution in [0, 0.1) is 0 Å². The number of carbonyl (C=O) groups excluding carboxylic acids is 1. The summed E-state index contributed by atoms with van der Waals surface area (Å²) in [4.78, 5) is 14.1. The molecule has 0 N–H and O–H groups in total. The van der Waals surface area contributed by atoms with Gasteiger partial charge in [0.1, 0.15) is 0 Å². The monoisotopic (exact) mass is 251 g/mol. The number of hydrogen-bond donors (Lipinski definition) is 0. The van der Waals surface area contributed by atoms with E-state index in [1.165, 1.54) is 5.69 Å². The maximum Gasteiger partial charge on any atom is 0.359 e. The summed E-state index contributed by atoms with van der Waals surface area (Å²) < 4.78 is 7.06. The van der Waals surface area contributed by atoms with E-state index in [1.807, 2.05) is 11.6 Å². The Labute approximate surface area is 108 Å². The standard InChI is InChI=1S/C13H21N3O2/c1-5-18-13(17)12-10-8-15(4)7-6-11(10)16(14-12)9(2)3/h9H,5-8H2,1-4H3. The highest BCUT2D eigenvalue weighted by Gasteiger charge is 2.28. The molecule has 0 bridgehead atoms. The van der Waals surface area contributed by atoms with E-state index in [4.69, 9.17) is 4.74 Å². The lowest BCUT2D eigenvalue weighted by Crippen LogP contribution is -2.28. The molecule has 1 aromatic rings. The van der Waals surface area contributed by atoms with Crippen LogP contribution in [-0.4, -0.2) is 40.8 Å². The van der Waals surface area contributed by atoms with Crippen LogP contribution in [0.3, 0.4) is 0 Å². The van der Waals surface area contributed by atoms with Crippen LogP contribution >= 0.6 is 0 Å². The second-order valence-corrected chi connectivity index (χ2v) is 5.02. The fraction of sp³-hybridized carbons (Fsp3) is 0.692. The first-order valence-corrected chi connectivity index (χ1v) is 6.50. The maximum absolute atomic E-state index is 11.9. The minimum Gasteiger partial charge on any atom is -0.461 e. The number of fused-ring (bicyclic) bond motifs is 1. The number of ether oxygens (including phenoxy) is 1. The van der Waals surface area contributed by atoms with Gasteiger partial charge in [0.25, 0.3) is 0 Å². The Morgan fingerprint density at radius 1 is 1.50 bits per heavy atom. The zero-order valence-corrected chi connectivity index (χ0v) is 11.6. The van der Waals surface area contributed by atoms with Crippen molar-refractivity contribution in [2.24, 2.45) is 0 Å². The smallest absolute Gasteiger partial charge is 0.359 e. The van der Waals surface area contributed by atoms with Crippen LogP contribution in [-0.2, 0) is 17.7 Å². The summed E-state index contributed by atoms with van der Waals surface area (Å²) in [6, 6.07) is 0.269. The zero-order chi connectivity index (χ0) is 13.3. The van der Waals surface area contributed by atoms with Crippen LogP contribution in [0.4, 0.5) is 0 Å². The van der Waals surface area contributed by atoms with Gasteiger partial charge in [-0.05, 0) is 27.8 Å². The molecule has 18 heavy (non-hydrogen) atoms. The van der Waals surface area contributed by atoms with Gasteiger partial charge in [-0.25, -0.2) is 4.79 Å². The van der Waals surface area contributed by atoms with E-state index in [1.54, 1.807) is 0 Å². The molecule has 1 aliphatic rings. The molecule has 1 aromatic heterocycles. The van der Waals surface area contributed by atoms with Gasteiger partial charge in [0.2, 0.25) is 0 Å². The Hall–Kier alpha value is -1.36. The third kappa shape index (κ3) is 2.27. The average molecular weight is 251 g/mol. The molecule has 1 aliphatic heterocycles. The molecule has 0 amide bonds. The van der Waals surface area contributed by atoms with Crippen molar-refractivity contribution < 1.29 is 9.53 Å². The van der Waals surface area contributed by atoms with Gasteiger partial charge in [0, 0.05) is 36.8 Å². The van der Waals surface area contributed by atoms with Crippen molar-refractivity contribution in [1.29, 1.82) is 0 Å². The summed E-state index contributed by atoms with van der Waals surface area (Å²) >= 11 is 0. The van der Waals surface area contributed by atoms with Gasteiger partial charge < -0.3 is 9.64 Å². The quantitative estimate of drug-likeness (QED) is 0.766.